The molecule has 0 atom stereocenters. The number of pyridine rings is 1. The first kappa shape index (κ1) is 20.8. The van der Waals surface area contributed by atoms with E-state index < -0.39 is 0 Å². The number of carbonyl (C=O) groups is 1. The number of carbonyl (C=O) groups excluding carboxylic acids is 1. The van der Waals surface area contributed by atoms with Crippen LogP contribution in [0.4, 0.5) is 17.2 Å². The van der Waals surface area contributed by atoms with Crippen molar-refractivity contribution in [1.29, 1.82) is 5.26 Å². The first-order chi connectivity index (χ1) is 16.6. The van der Waals surface area contributed by atoms with Gasteiger partial charge in [-0.15, -0.1) is 0 Å². The third kappa shape index (κ3) is 4.03. The molecule has 1 amide bonds. The lowest BCUT2D eigenvalue weighted by atomic mass is 10.1. The van der Waals surface area contributed by atoms with Crippen molar-refractivity contribution in [1.82, 2.24) is 24.9 Å². The Hall–Kier alpha value is -5.10. The van der Waals surface area contributed by atoms with Gasteiger partial charge in [0, 0.05) is 28.7 Å². The van der Waals surface area contributed by atoms with Gasteiger partial charge in [0.25, 0.3) is 5.91 Å². The molecule has 0 bridgehead atoms. The first-order valence-electron chi connectivity index (χ1n) is 10.4. The highest BCUT2D eigenvalue weighted by Gasteiger charge is 2.15. The summed E-state index contributed by atoms with van der Waals surface area (Å²) in [6.07, 6.45) is 4.76. The van der Waals surface area contributed by atoms with Crippen molar-refractivity contribution in [3.63, 3.8) is 0 Å². The number of amides is 1. The van der Waals surface area contributed by atoms with Crippen molar-refractivity contribution in [2.75, 3.05) is 10.6 Å². The number of aromatic amines is 1. The molecule has 0 unspecified atom stereocenters. The number of aromatic nitrogens is 5. The standard InChI is InChI=1S/C25H18N8O/c1-15-4-9-18(32-25(34)17-7-5-16(12-26)6-8-17)11-20(15)33-23-19(3-2-10-27-23)21-22-24(30-13-28-21)31-14-29-22/h2-11,13-14H,1H3,(H,27,33)(H,32,34)(H,28,29,30,31). The minimum absolute atomic E-state index is 0.264. The molecule has 0 saturated heterocycles. The lowest BCUT2D eigenvalue weighted by Crippen LogP contribution is -2.12. The van der Waals surface area contributed by atoms with Crippen molar-refractivity contribution in [3.05, 3.63) is 90.1 Å². The number of hydrogen-bond donors (Lipinski definition) is 3. The summed E-state index contributed by atoms with van der Waals surface area (Å²) < 4.78 is 0. The second-order valence-electron chi connectivity index (χ2n) is 7.52. The summed E-state index contributed by atoms with van der Waals surface area (Å²) in [6.45, 7) is 1.97. The van der Waals surface area contributed by atoms with Gasteiger partial charge in [-0.2, -0.15) is 5.26 Å². The second-order valence-corrected chi connectivity index (χ2v) is 7.52. The van der Waals surface area contributed by atoms with Gasteiger partial charge < -0.3 is 15.6 Å². The molecule has 164 valence electrons. The summed E-state index contributed by atoms with van der Waals surface area (Å²) in [4.78, 5) is 33.1. The Morgan fingerprint density at radius 2 is 1.88 bits per heavy atom. The number of benzene rings is 2. The number of aryl methyl sites for hydroxylation is 1. The van der Waals surface area contributed by atoms with Gasteiger partial charge in [-0.25, -0.2) is 19.9 Å². The zero-order valence-corrected chi connectivity index (χ0v) is 18.1. The van der Waals surface area contributed by atoms with Crippen LogP contribution in [-0.4, -0.2) is 30.8 Å². The molecule has 2 aromatic carbocycles. The molecule has 0 radical (unpaired) electrons. The van der Waals surface area contributed by atoms with Crippen LogP contribution < -0.4 is 10.6 Å². The van der Waals surface area contributed by atoms with Gasteiger partial charge in [-0.05, 0) is 61.0 Å². The Labute approximate surface area is 194 Å². The van der Waals surface area contributed by atoms with Crippen molar-refractivity contribution >= 4 is 34.3 Å². The number of nitrogens with zero attached hydrogens (tertiary/aromatic N) is 5. The number of rotatable bonds is 5. The van der Waals surface area contributed by atoms with Crippen molar-refractivity contribution in [2.45, 2.75) is 6.92 Å². The number of imidazole rings is 1. The molecule has 0 aliphatic carbocycles. The Morgan fingerprint density at radius 3 is 2.71 bits per heavy atom. The van der Waals surface area contributed by atoms with E-state index in [1.807, 2.05) is 43.3 Å². The highest BCUT2D eigenvalue weighted by Crippen LogP contribution is 2.32. The second kappa shape index (κ2) is 8.80. The molecule has 3 N–H and O–H groups in total. The Balaban J connectivity index is 1.44. The van der Waals surface area contributed by atoms with Crippen LogP contribution in [0.1, 0.15) is 21.5 Å². The van der Waals surface area contributed by atoms with E-state index in [0.29, 0.717) is 39.5 Å². The maximum atomic E-state index is 12.7. The van der Waals surface area contributed by atoms with Crippen molar-refractivity contribution < 1.29 is 4.79 Å². The summed E-state index contributed by atoms with van der Waals surface area (Å²) >= 11 is 0. The Bertz CT molecular complexity index is 1550. The number of anilines is 3. The molecule has 9 heteroatoms. The van der Waals surface area contributed by atoms with Gasteiger partial charge in [0.05, 0.1) is 18.0 Å². The van der Waals surface area contributed by atoms with Crippen LogP contribution >= 0.6 is 0 Å². The number of nitrogens with one attached hydrogen (secondary N) is 3. The van der Waals surface area contributed by atoms with Crippen LogP contribution in [0, 0.1) is 18.3 Å². The minimum atomic E-state index is -0.264. The van der Waals surface area contributed by atoms with Crippen molar-refractivity contribution in [2.24, 2.45) is 0 Å². The number of fused-ring (bicyclic) bond motifs is 1. The molecule has 9 nitrogen and oxygen atoms in total. The van der Waals surface area contributed by atoms with Crippen LogP contribution in [0.3, 0.4) is 0 Å². The predicted molar refractivity (Wildman–Crippen MR) is 128 cm³/mol. The zero-order valence-electron chi connectivity index (χ0n) is 18.1. The Kier molecular flexibility index (Phi) is 5.38. The van der Waals surface area contributed by atoms with Gasteiger partial charge in [0.2, 0.25) is 0 Å². The van der Waals surface area contributed by atoms with E-state index in [2.05, 4.69) is 35.6 Å². The SMILES string of the molecule is Cc1ccc(NC(=O)c2ccc(C#N)cc2)cc1Nc1ncccc1-c1ncnc2[nH]cnc12. The maximum absolute atomic E-state index is 12.7. The van der Waals surface area contributed by atoms with E-state index in [4.69, 9.17) is 5.26 Å². The summed E-state index contributed by atoms with van der Waals surface area (Å²) in [5.41, 5.74) is 6.07. The topological polar surface area (TPSA) is 132 Å². The van der Waals surface area contributed by atoms with Gasteiger partial charge in [0.15, 0.2) is 5.65 Å². The highest BCUT2D eigenvalue weighted by molar-refractivity contribution is 6.04. The molecule has 0 aliphatic rings. The average Bonchev–Trinajstić information content (AvgIpc) is 3.36. The number of nitriles is 1. The van der Waals surface area contributed by atoms with Crippen LogP contribution in [0.2, 0.25) is 0 Å². The number of H-pyrrole nitrogens is 1. The molecular weight excluding hydrogens is 428 g/mol. The molecule has 5 rings (SSSR count). The molecular formula is C25H18N8O. The van der Waals surface area contributed by atoms with Gasteiger partial charge in [0.1, 0.15) is 23.4 Å². The third-order valence-electron chi connectivity index (χ3n) is 5.30. The lowest BCUT2D eigenvalue weighted by Gasteiger charge is -2.14. The number of hydrogen-bond acceptors (Lipinski definition) is 7. The van der Waals surface area contributed by atoms with Gasteiger partial charge >= 0.3 is 0 Å². The van der Waals surface area contributed by atoms with Gasteiger partial charge in [-0.1, -0.05) is 6.07 Å². The third-order valence-corrected chi connectivity index (χ3v) is 5.30. The van der Waals surface area contributed by atoms with E-state index in [1.165, 1.54) is 6.33 Å². The average molecular weight is 446 g/mol. The fourth-order valence-corrected chi connectivity index (χ4v) is 3.52. The Morgan fingerprint density at radius 1 is 1.03 bits per heavy atom. The molecule has 34 heavy (non-hydrogen) atoms. The fourth-order valence-electron chi connectivity index (χ4n) is 3.52. The maximum Gasteiger partial charge on any atom is 0.255 e. The van der Waals surface area contributed by atoms with E-state index in [0.717, 1.165) is 16.8 Å². The molecule has 0 aliphatic heterocycles. The van der Waals surface area contributed by atoms with Crippen LogP contribution in [0.5, 0.6) is 0 Å². The largest absolute Gasteiger partial charge is 0.339 e. The first-order valence-corrected chi connectivity index (χ1v) is 10.4. The van der Waals surface area contributed by atoms with Crippen LogP contribution in [0.25, 0.3) is 22.4 Å². The smallest absolute Gasteiger partial charge is 0.255 e. The van der Waals surface area contributed by atoms with E-state index in [-0.39, 0.29) is 5.91 Å². The summed E-state index contributed by atoms with van der Waals surface area (Å²) in [7, 11) is 0. The molecule has 0 saturated carbocycles. The summed E-state index contributed by atoms with van der Waals surface area (Å²) in [6, 6.07) is 17.9. The molecule has 3 heterocycles. The zero-order chi connectivity index (χ0) is 23.5. The van der Waals surface area contributed by atoms with E-state index >= 15 is 0 Å². The normalized spacial score (nSPS) is 10.6. The van der Waals surface area contributed by atoms with Crippen LogP contribution in [-0.2, 0) is 0 Å². The summed E-state index contributed by atoms with van der Waals surface area (Å²) in [5, 5.41) is 15.2. The molecule has 3 aromatic heterocycles. The van der Waals surface area contributed by atoms with E-state index in [1.54, 1.807) is 36.8 Å². The molecule has 5 aromatic rings. The fraction of sp³-hybridized carbons (Fsp3) is 0.0400. The van der Waals surface area contributed by atoms with E-state index in [9.17, 15) is 4.79 Å². The lowest BCUT2D eigenvalue weighted by molar-refractivity contribution is 0.102. The summed E-state index contributed by atoms with van der Waals surface area (Å²) in [5.74, 6) is 0.337. The van der Waals surface area contributed by atoms with Crippen LogP contribution in [0.15, 0.2) is 73.4 Å². The molecule has 0 fully saturated rings. The van der Waals surface area contributed by atoms with Gasteiger partial charge in [-0.3, -0.25) is 4.79 Å². The van der Waals surface area contributed by atoms with Crippen molar-refractivity contribution in [3.8, 4) is 17.3 Å². The predicted octanol–water partition coefficient (Wildman–Crippen LogP) is 4.59. The highest BCUT2D eigenvalue weighted by atomic mass is 16.1. The molecule has 0 spiro atoms. The monoisotopic (exact) mass is 446 g/mol. The minimum Gasteiger partial charge on any atom is -0.339 e. The quantitative estimate of drug-likeness (QED) is 0.360.